The summed E-state index contributed by atoms with van der Waals surface area (Å²) in [4.78, 5) is 25.7. The molecule has 7 heteroatoms. The van der Waals surface area contributed by atoms with Gasteiger partial charge in [0.05, 0.1) is 18.4 Å². The number of nitrogens with zero attached hydrogens (tertiary/aromatic N) is 2. The summed E-state index contributed by atoms with van der Waals surface area (Å²) in [5.41, 5.74) is 1.08. The van der Waals surface area contributed by atoms with E-state index >= 15 is 0 Å². The van der Waals surface area contributed by atoms with Crippen LogP contribution in [0.5, 0.6) is 11.6 Å². The van der Waals surface area contributed by atoms with E-state index in [1.54, 1.807) is 12.1 Å². The number of carbonyl (C=O) groups is 1. The van der Waals surface area contributed by atoms with Crippen molar-refractivity contribution in [3.8, 4) is 17.7 Å². The predicted molar refractivity (Wildman–Crippen MR) is 115 cm³/mol. The lowest BCUT2D eigenvalue weighted by molar-refractivity contribution is 0.0915. The number of aryl methyl sites for hydroxylation is 1. The number of furan rings is 1. The van der Waals surface area contributed by atoms with Crippen molar-refractivity contribution in [2.24, 2.45) is 0 Å². The summed E-state index contributed by atoms with van der Waals surface area (Å²) in [7, 11) is 0. The van der Waals surface area contributed by atoms with Crippen LogP contribution in [0.25, 0.3) is 0 Å². The second kappa shape index (κ2) is 8.92. The van der Waals surface area contributed by atoms with Crippen molar-refractivity contribution in [2.75, 3.05) is 6.61 Å². The number of ether oxygens (including phenoxy) is 1. The molecule has 31 heavy (non-hydrogen) atoms. The summed E-state index contributed by atoms with van der Waals surface area (Å²) in [6, 6.07) is 10.9. The third-order valence-corrected chi connectivity index (χ3v) is 5.12. The molecule has 3 rings (SSSR count). The van der Waals surface area contributed by atoms with E-state index in [4.69, 9.17) is 9.15 Å². The zero-order valence-corrected chi connectivity index (χ0v) is 17.9. The number of benzene rings is 1. The lowest BCUT2D eigenvalue weighted by atomic mass is 10.00. The number of aromatic nitrogens is 1. The van der Waals surface area contributed by atoms with E-state index < -0.39 is 17.2 Å². The lowest BCUT2D eigenvalue weighted by Crippen LogP contribution is -2.28. The van der Waals surface area contributed by atoms with Gasteiger partial charge in [-0.3, -0.25) is 14.2 Å². The zero-order chi connectivity index (χ0) is 22.7. The van der Waals surface area contributed by atoms with Crippen LogP contribution in [-0.2, 0) is 6.54 Å². The van der Waals surface area contributed by atoms with Crippen molar-refractivity contribution < 1.29 is 19.1 Å². The van der Waals surface area contributed by atoms with Gasteiger partial charge in [-0.15, -0.1) is 0 Å². The maximum atomic E-state index is 13.0. The first-order chi connectivity index (χ1) is 14.7. The highest BCUT2D eigenvalue weighted by molar-refractivity contribution is 6.01. The molecule has 1 N–H and O–H groups in total. The third-order valence-electron chi connectivity index (χ3n) is 5.12. The van der Waals surface area contributed by atoms with Crippen molar-refractivity contribution in [3.05, 3.63) is 80.5 Å². The maximum absolute atomic E-state index is 13.0. The van der Waals surface area contributed by atoms with E-state index in [2.05, 4.69) is 0 Å². The SMILES string of the molecule is Cc1ccc(C(C)C)c(OCC(=O)c2c(C)c(C#N)c(=O)n(Cc3ccco3)c2O)c1. The van der Waals surface area contributed by atoms with Gasteiger partial charge in [-0.2, -0.15) is 5.26 Å². The van der Waals surface area contributed by atoms with Gasteiger partial charge in [-0.1, -0.05) is 26.0 Å². The smallest absolute Gasteiger partial charge is 0.271 e. The second-order valence-electron chi connectivity index (χ2n) is 7.69. The summed E-state index contributed by atoms with van der Waals surface area (Å²) in [5, 5.41) is 20.2. The molecule has 0 atom stereocenters. The van der Waals surface area contributed by atoms with Crippen molar-refractivity contribution in [3.63, 3.8) is 0 Å². The molecule has 0 radical (unpaired) electrons. The largest absolute Gasteiger partial charge is 0.494 e. The number of hydrogen-bond donors (Lipinski definition) is 1. The molecule has 160 valence electrons. The molecule has 7 nitrogen and oxygen atoms in total. The second-order valence-corrected chi connectivity index (χ2v) is 7.69. The Kier molecular flexibility index (Phi) is 6.30. The van der Waals surface area contributed by atoms with Gasteiger partial charge in [-0.05, 0) is 54.7 Å². The molecule has 0 aliphatic heterocycles. The van der Waals surface area contributed by atoms with Crippen molar-refractivity contribution >= 4 is 5.78 Å². The number of aromatic hydroxyl groups is 1. The molecule has 0 unspecified atom stereocenters. The van der Waals surface area contributed by atoms with Gasteiger partial charge >= 0.3 is 0 Å². The summed E-state index contributed by atoms with van der Waals surface area (Å²) in [6.45, 7) is 7.00. The third kappa shape index (κ3) is 4.38. The molecule has 0 spiro atoms. The van der Waals surface area contributed by atoms with Crippen LogP contribution in [0.3, 0.4) is 0 Å². The average molecular weight is 420 g/mol. The quantitative estimate of drug-likeness (QED) is 0.578. The van der Waals surface area contributed by atoms with Crippen LogP contribution < -0.4 is 10.3 Å². The Morgan fingerprint density at radius 1 is 1.29 bits per heavy atom. The van der Waals surface area contributed by atoms with Crippen LogP contribution in [0.4, 0.5) is 0 Å². The van der Waals surface area contributed by atoms with Gasteiger partial charge in [0, 0.05) is 0 Å². The first kappa shape index (κ1) is 21.9. The van der Waals surface area contributed by atoms with E-state index in [1.165, 1.54) is 13.2 Å². The van der Waals surface area contributed by atoms with Gasteiger partial charge in [0.25, 0.3) is 5.56 Å². The standard InChI is InChI=1S/C24H24N2O5/c1-14(2)18-8-7-15(3)10-21(18)31-13-20(27)22-16(4)19(11-25)23(28)26(24(22)29)12-17-6-5-9-30-17/h5-10,14,29H,12-13H2,1-4H3. The van der Waals surface area contributed by atoms with Gasteiger partial charge in [0.1, 0.15) is 23.1 Å². The maximum Gasteiger partial charge on any atom is 0.271 e. The van der Waals surface area contributed by atoms with E-state index in [-0.39, 0.29) is 35.8 Å². The topological polar surface area (TPSA) is 105 Å². The van der Waals surface area contributed by atoms with Crippen molar-refractivity contribution in [2.45, 2.75) is 40.2 Å². The zero-order valence-electron chi connectivity index (χ0n) is 17.9. The number of carbonyl (C=O) groups excluding carboxylic acids is 1. The van der Waals surface area contributed by atoms with Crippen molar-refractivity contribution in [1.29, 1.82) is 5.26 Å². The summed E-state index contributed by atoms with van der Waals surface area (Å²) >= 11 is 0. The number of hydrogen-bond acceptors (Lipinski definition) is 6. The average Bonchev–Trinajstić information content (AvgIpc) is 3.23. The highest BCUT2D eigenvalue weighted by Gasteiger charge is 2.25. The lowest BCUT2D eigenvalue weighted by Gasteiger charge is -2.17. The first-order valence-electron chi connectivity index (χ1n) is 9.90. The molecule has 0 amide bonds. The van der Waals surface area contributed by atoms with E-state index in [0.29, 0.717) is 11.5 Å². The van der Waals surface area contributed by atoms with Gasteiger partial charge in [0.2, 0.25) is 11.7 Å². The predicted octanol–water partition coefficient (Wildman–Crippen LogP) is 4.07. The minimum atomic E-state index is -0.688. The molecule has 2 heterocycles. The molecule has 0 aliphatic carbocycles. The Bertz CT molecular complexity index is 1210. The van der Waals surface area contributed by atoms with Crippen LogP contribution in [0, 0.1) is 25.2 Å². The van der Waals surface area contributed by atoms with Gasteiger partial charge in [0.15, 0.2) is 6.61 Å². The Morgan fingerprint density at radius 2 is 2.03 bits per heavy atom. The van der Waals surface area contributed by atoms with Gasteiger partial charge in [-0.25, -0.2) is 0 Å². The molecular formula is C24H24N2O5. The van der Waals surface area contributed by atoms with Crippen LogP contribution in [-0.4, -0.2) is 22.1 Å². The molecular weight excluding hydrogens is 396 g/mol. The van der Waals surface area contributed by atoms with Crippen LogP contribution in [0.1, 0.15) is 58.1 Å². The molecule has 0 saturated carbocycles. The monoisotopic (exact) mass is 420 g/mol. The molecule has 0 saturated heterocycles. The molecule has 0 bridgehead atoms. The summed E-state index contributed by atoms with van der Waals surface area (Å²) < 4.78 is 12.0. The Balaban J connectivity index is 1.99. The molecule has 0 fully saturated rings. The fourth-order valence-corrected chi connectivity index (χ4v) is 3.45. The van der Waals surface area contributed by atoms with Crippen LogP contribution >= 0.6 is 0 Å². The highest BCUT2D eigenvalue weighted by Crippen LogP contribution is 2.28. The molecule has 3 aromatic rings. The number of nitriles is 1. The van der Waals surface area contributed by atoms with Crippen molar-refractivity contribution in [1.82, 2.24) is 4.57 Å². The highest BCUT2D eigenvalue weighted by atomic mass is 16.5. The minimum Gasteiger partial charge on any atom is -0.494 e. The first-order valence-corrected chi connectivity index (χ1v) is 9.90. The Hall–Kier alpha value is -3.79. The fourth-order valence-electron chi connectivity index (χ4n) is 3.45. The summed E-state index contributed by atoms with van der Waals surface area (Å²) in [6.07, 6.45) is 1.44. The van der Waals surface area contributed by atoms with Gasteiger partial charge < -0.3 is 14.3 Å². The minimum absolute atomic E-state index is 0.108. The van der Waals surface area contributed by atoms with Crippen LogP contribution in [0.15, 0.2) is 45.8 Å². The molecule has 2 aromatic heterocycles. The Labute approximate surface area is 180 Å². The number of pyridine rings is 1. The van der Waals surface area contributed by atoms with Crippen LogP contribution in [0.2, 0.25) is 0 Å². The van der Waals surface area contributed by atoms with E-state index in [1.807, 2.05) is 45.0 Å². The van der Waals surface area contributed by atoms with E-state index in [0.717, 1.165) is 15.7 Å². The van der Waals surface area contributed by atoms with E-state index in [9.17, 15) is 20.0 Å². The Morgan fingerprint density at radius 3 is 2.65 bits per heavy atom. The summed E-state index contributed by atoms with van der Waals surface area (Å²) in [5.74, 6) is 0.142. The number of ketones is 1. The number of rotatable bonds is 7. The molecule has 0 aliphatic rings. The fraction of sp³-hybridized carbons (Fsp3) is 0.292. The normalized spacial score (nSPS) is 10.8. The number of Topliss-reactive ketones (excluding diaryl/α,β-unsaturated/α-hetero) is 1. The molecule has 1 aromatic carbocycles.